The van der Waals surface area contributed by atoms with Crippen LogP contribution in [0.15, 0.2) is 29.2 Å². The molecule has 2 aromatic rings. The predicted octanol–water partition coefficient (Wildman–Crippen LogP) is 2.64. The summed E-state index contributed by atoms with van der Waals surface area (Å²) in [5, 5.41) is 3.55. The monoisotopic (exact) mass is 500 g/mol. The van der Waals surface area contributed by atoms with Gasteiger partial charge in [0.2, 0.25) is 15.8 Å². The molecule has 0 N–H and O–H groups in total. The van der Waals surface area contributed by atoms with Crippen molar-refractivity contribution in [2.45, 2.75) is 50.6 Å². The number of anilines is 1. The number of hydrogen-bond donors (Lipinski definition) is 0. The summed E-state index contributed by atoms with van der Waals surface area (Å²) in [6, 6.07) is 2.64. The number of sulfonamides is 1. The lowest BCUT2D eigenvalue weighted by Crippen LogP contribution is -2.50. The molecule has 0 radical (unpaired) electrons. The van der Waals surface area contributed by atoms with Gasteiger partial charge in [-0.1, -0.05) is 0 Å². The number of halogens is 3. The molecule has 0 unspecified atom stereocenters. The molecule has 2 fully saturated rings. The fourth-order valence-corrected chi connectivity index (χ4v) is 5.52. The Morgan fingerprint density at radius 1 is 1.06 bits per heavy atom. The second kappa shape index (κ2) is 9.57. The van der Waals surface area contributed by atoms with Crippen molar-refractivity contribution >= 4 is 15.7 Å². The van der Waals surface area contributed by atoms with E-state index in [1.807, 2.05) is 0 Å². The summed E-state index contributed by atoms with van der Waals surface area (Å²) >= 11 is 0. The van der Waals surface area contributed by atoms with Crippen LogP contribution < -0.4 is 15.2 Å². The Morgan fingerprint density at radius 3 is 2.26 bits per heavy atom. The number of ether oxygens (including phenoxy) is 1. The van der Waals surface area contributed by atoms with E-state index in [1.54, 1.807) is 18.7 Å². The lowest BCUT2D eigenvalue weighted by Gasteiger charge is -2.36. The molecule has 8 nitrogen and oxygen atoms in total. The maximum atomic E-state index is 13.8. The van der Waals surface area contributed by atoms with E-state index in [-0.39, 0.29) is 30.9 Å². The Balaban J connectivity index is 1.68. The first-order valence-electron chi connectivity index (χ1n) is 11.2. The number of alkyl halides is 1. The van der Waals surface area contributed by atoms with Gasteiger partial charge in [-0.05, 0) is 38.8 Å². The minimum atomic E-state index is -3.42. The van der Waals surface area contributed by atoms with Gasteiger partial charge < -0.3 is 9.64 Å². The summed E-state index contributed by atoms with van der Waals surface area (Å²) in [6.45, 7) is 4.25. The van der Waals surface area contributed by atoms with Gasteiger partial charge in [0.25, 0.3) is 0 Å². The molecule has 1 aromatic heterocycles. The van der Waals surface area contributed by atoms with Gasteiger partial charge in [0, 0.05) is 38.7 Å². The fourth-order valence-electron chi connectivity index (χ4n) is 4.25. The van der Waals surface area contributed by atoms with E-state index in [0.717, 1.165) is 16.8 Å². The Morgan fingerprint density at radius 2 is 1.71 bits per heavy atom. The summed E-state index contributed by atoms with van der Waals surface area (Å²) in [5.74, 6) is -1.83. The topological polar surface area (TPSA) is 84.7 Å². The largest absolute Gasteiger partial charge is 0.483 e. The van der Waals surface area contributed by atoms with Crippen LogP contribution in [-0.4, -0.2) is 66.2 Å². The molecule has 0 spiro atoms. The average molecular weight is 501 g/mol. The lowest BCUT2D eigenvalue weighted by atomic mass is 10.2. The van der Waals surface area contributed by atoms with Crippen LogP contribution in [0.2, 0.25) is 0 Å². The summed E-state index contributed by atoms with van der Waals surface area (Å²) in [6.07, 6.45) is 0.686. The van der Waals surface area contributed by atoms with Crippen molar-refractivity contribution in [1.82, 2.24) is 14.1 Å². The standard InChI is InChI=1S/C22H27F3N4O4S/c1-14(2)34(31,32)28-7-5-27(6-8-28)20-13-26-29(18-10-16(24)9-17(25)11-18)22(30)21(20)33-19-4-3-15(23)12-19/h9-11,13-15,19H,3-8,12H2,1-2H3/t15-,19+/m1/s1. The third-order valence-electron chi connectivity index (χ3n) is 6.15. The first-order valence-corrected chi connectivity index (χ1v) is 12.7. The van der Waals surface area contributed by atoms with Gasteiger partial charge in [-0.2, -0.15) is 14.1 Å². The van der Waals surface area contributed by atoms with Gasteiger partial charge in [0.15, 0.2) is 0 Å². The highest BCUT2D eigenvalue weighted by Crippen LogP contribution is 2.31. The molecular formula is C22H27F3N4O4S. The zero-order valence-electron chi connectivity index (χ0n) is 19.0. The van der Waals surface area contributed by atoms with E-state index in [1.165, 1.54) is 10.5 Å². The third kappa shape index (κ3) is 4.92. The van der Waals surface area contributed by atoms with E-state index < -0.39 is 44.7 Å². The van der Waals surface area contributed by atoms with Crippen LogP contribution in [0.3, 0.4) is 0 Å². The van der Waals surface area contributed by atoms with Crippen LogP contribution in [-0.2, 0) is 10.0 Å². The molecule has 186 valence electrons. The van der Waals surface area contributed by atoms with Crippen molar-refractivity contribution in [3.05, 3.63) is 46.4 Å². The SMILES string of the molecule is CC(C)S(=O)(=O)N1CCN(c2cnn(-c3cc(F)cc(F)c3)c(=O)c2O[C@H]2CC[C@@H](F)C2)CC1. The molecule has 2 aliphatic rings. The quantitative estimate of drug-likeness (QED) is 0.607. The number of rotatable bonds is 6. The number of aromatic nitrogens is 2. The maximum Gasteiger partial charge on any atom is 0.316 e. The van der Waals surface area contributed by atoms with Crippen molar-refractivity contribution in [1.29, 1.82) is 0 Å². The molecule has 2 atom stereocenters. The van der Waals surface area contributed by atoms with Crippen LogP contribution in [0.25, 0.3) is 5.69 Å². The molecule has 1 saturated heterocycles. The molecule has 2 heterocycles. The van der Waals surface area contributed by atoms with E-state index in [4.69, 9.17) is 4.74 Å². The van der Waals surface area contributed by atoms with Gasteiger partial charge in [0.1, 0.15) is 29.6 Å². The summed E-state index contributed by atoms with van der Waals surface area (Å²) in [5.41, 5.74) is -0.509. The highest BCUT2D eigenvalue weighted by atomic mass is 32.2. The van der Waals surface area contributed by atoms with Gasteiger partial charge in [-0.3, -0.25) is 4.79 Å². The molecule has 1 aromatic carbocycles. The molecule has 1 aliphatic carbocycles. The van der Waals surface area contributed by atoms with Crippen LogP contribution in [0.4, 0.5) is 18.9 Å². The molecule has 34 heavy (non-hydrogen) atoms. The predicted molar refractivity (Wildman–Crippen MR) is 121 cm³/mol. The van der Waals surface area contributed by atoms with Crippen LogP contribution in [0.5, 0.6) is 5.75 Å². The zero-order chi connectivity index (χ0) is 24.6. The smallest absolute Gasteiger partial charge is 0.316 e. The van der Waals surface area contributed by atoms with Gasteiger partial charge >= 0.3 is 5.56 Å². The molecule has 1 aliphatic heterocycles. The number of hydrogen-bond acceptors (Lipinski definition) is 6. The van der Waals surface area contributed by atoms with Gasteiger partial charge in [-0.25, -0.2) is 21.6 Å². The van der Waals surface area contributed by atoms with E-state index in [0.29, 0.717) is 37.7 Å². The Kier molecular flexibility index (Phi) is 6.90. The Bertz CT molecular complexity index is 1190. The van der Waals surface area contributed by atoms with E-state index in [2.05, 4.69) is 5.10 Å². The number of nitrogens with zero attached hydrogens (tertiary/aromatic N) is 4. The Hall–Kier alpha value is -2.60. The van der Waals surface area contributed by atoms with Crippen molar-refractivity contribution in [2.24, 2.45) is 0 Å². The second-order valence-electron chi connectivity index (χ2n) is 8.83. The van der Waals surface area contributed by atoms with Gasteiger partial charge in [-0.15, -0.1) is 0 Å². The van der Waals surface area contributed by atoms with Crippen molar-refractivity contribution in [3.8, 4) is 11.4 Å². The summed E-state index contributed by atoms with van der Waals surface area (Å²) < 4.78 is 74.4. The average Bonchev–Trinajstić information content (AvgIpc) is 3.19. The second-order valence-corrected chi connectivity index (χ2v) is 11.3. The van der Waals surface area contributed by atoms with E-state index >= 15 is 0 Å². The summed E-state index contributed by atoms with van der Waals surface area (Å²) in [4.78, 5) is 15.1. The van der Waals surface area contributed by atoms with Crippen LogP contribution in [0.1, 0.15) is 33.1 Å². The molecule has 0 amide bonds. The van der Waals surface area contributed by atoms with Gasteiger partial charge in [0.05, 0.1) is 17.1 Å². The maximum absolute atomic E-state index is 13.8. The number of piperazine rings is 1. The normalized spacial score (nSPS) is 21.9. The number of benzene rings is 1. The van der Waals surface area contributed by atoms with Crippen LogP contribution in [0, 0.1) is 11.6 Å². The molecule has 12 heteroatoms. The minimum absolute atomic E-state index is 0.0982. The van der Waals surface area contributed by atoms with E-state index in [9.17, 15) is 26.4 Å². The first kappa shape index (κ1) is 24.5. The molecule has 4 rings (SSSR count). The highest BCUT2D eigenvalue weighted by molar-refractivity contribution is 7.89. The lowest BCUT2D eigenvalue weighted by molar-refractivity contribution is 0.193. The minimum Gasteiger partial charge on any atom is -0.483 e. The molecular weight excluding hydrogens is 473 g/mol. The highest BCUT2D eigenvalue weighted by Gasteiger charge is 2.33. The Labute approximate surface area is 196 Å². The molecule has 0 bridgehead atoms. The fraction of sp³-hybridized carbons (Fsp3) is 0.545. The van der Waals surface area contributed by atoms with Crippen molar-refractivity contribution < 1.29 is 26.3 Å². The van der Waals surface area contributed by atoms with Crippen LogP contribution >= 0.6 is 0 Å². The first-order chi connectivity index (χ1) is 16.1. The zero-order valence-corrected chi connectivity index (χ0v) is 19.8. The summed E-state index contributed by atoms with van der Waals surface area (Å²) in [7, 11) is -3.42. The molecule has 1 saturated carbocycles. The van der Waals surface area contributed by atoms with Crippen molar-refractivity contribution in [2.75, 3.05) is 31.1 Å². The third-order valence-corrected chi connectivity index (χ3v) is 8.42. The van der Waals surface area contributed by atoms with Crippen molar-refractivity contribution in [3.63, 3.8) is 0 Å².